The molecule has 0 spiro atoms. The van der Waals surface area contributed by atoms with Crippen molar-refractivity contribution in [1.29, 1.82) is 0 Å². The third kappa shape index (κ3) is 2.82. The van der Waals surface area contributed by atoms with E-state index in [0.29, 0.717) is 6.10 Å². The van der Waals surface area contributed by atoms with E-state index in [4.69, 9.17) is 4.74 Å². The summed E-state index contributed by atoms with van der Waals surface area (Å²) in [6.45, 7) is 1.05. The van der Waals surface area contributed by atoms with Gasteiger partial charge in [-0.2, -0.15) is 0 Å². The normalized spacial score (nSPS) is 35.8. The summed E-state index contributed by atoms with van der Waals surface area (Å²) >= 11 is 2.57. The third-order valence-electron chi connectivity index (χ3n) is 3.39. The van der Waals surface area contributed by atoms with Crippen molar-refractivity contribution in [2.24, 2.45) is 5.92 Å². The Labute approximate surface area is 94.8 Å². The van der Waals surface area contributed by atoms with Crippen molar-refractivity contribution in [2.75, 3.05) is 6.61 Å². The smallest absolute Gasteiger partial charge is 0.0692 e. The number of halogens is 1. The summed E-state index contributed by atoms with van der Waals surface area (Å²) in [4.78, 5) is 0. The molecule has 0 radical (unpaired) electrons. The molecule has 1 nitrogen and oxygen atoms in total. The second kappa shape index (κ2) is 4.96. The van der Waals surface area contributed by atoms with Crippen LogP contribution < -0.4 is 0 Å². The van der Waals surface area contributed by atoms with Gasteiger partial charge in [-0.1, -0.05) is 41.9 Å². The molecule has 0 bridgehead atoms. The molecule has 2 atom stereocenters. The molecule has 0 heterocycles. The van der Waals surface area contributed by atoms with Crippen LogP contribution in [0.1, 0.15) is 44.9 Å². The van der Waals surface area contributed by atoms with Gasteiger partial charge in [0.05, 0.1) is 6.10 Å². The minimum absolute atomic E-state index is 0.579. The van der Waals surface area contributed by atoms with Crippen molar-refractivity contribution in [3.63, 3.8) is 0 Å². The number of hydrogen-bond acceptors (Lipinski definition) is 1. The lowest BCUT2D eigenvalue weighted by molar-refractivity contribution is -0.00115. The van der Waals surface area contributed by atoms with Gasteiger partial charge in [-0.25, -0.2) is 0 Å². The summed E-state index contributed by atoms with van der Waals surface area (Å²) < 4.78 is 6.78. The first-order chi connectivity index (χ1) is 6.36. The van der Waals surface area contributed by atoms with Gasteiger partial charge < -0.3 is 4.74 Å². The van der Waals surface area contributed by atoms with E-state index in [1.54, 1.807) is 0 Å². The van der Waals surface area contributed by atoms with Crippen LogP contribution in [0.25, 0.3) is 0 Å². The van der Waals surface area contributed by atoms with Crippen LogP contribution in [0.3, 0.4) is 0 Å². The molecule has 2 heteroatoms. The highest BCUT2D eigenvalue weighted by Crippen LogP contribution is 2.31. The summed E-state index contributed by atoms with van der Waals surface area (Å²) in [5.41, 5.74) is 0. The molecule has 2 fully saturated rings. The molecule has 0 aliphatic heterocycles. The topological polar surface area (TPSA) is 9.23 Å². The van der Waals surface area contributed by atoms with Crippen LogP contribution in [-0.2, 0) is 4.74 Å². The maximum Gasteiger partial charge on any atom is 0.0692 e. The van der Waals surface area contributed by atoms with E-state index >= 15 is 0 Å². The quantitative estimate of drug-likeness (QED) is 0.571. The molecule has 0 aromatic rings. The Balaban J connectivity index is 1.66. The monoisotopic (exact) mass is 294 g/mol. The molecule has 2 aliphatic rings. The first-order valence-electron chi connectivity index (χ1n) is 5.62. The first kappa shape index (κ1) is 10.2. The lowest BCUT2D eigenvalue weighted by Crippen LogP contribution is -2.31. The molecular formula is C11H19IO. The molecule has 0 amide bonds. The minimum Gasteiger partial charge on any atom is -0.377 e. The second-order valence-electron chi connectivity index (χ2n) is 4.47. The van der Waals surface area contributed by atoms with E-state index < -0.39 is 0 Å². The van der Waals surface area contributed by atoms with Crippen LogP contribution in [0.4, 0.5) is 0 Å². The summed E-state index contributed by atoms with van der Waals surface area (Å²) in [6.07, 6.45) is 10.3. The molecule has 76 valence electrons. The van der Waals surface area contributed by atoms with Gasteiger partial charge in [0.25, 0.3) is 0 Å². The number of rotatable bonds is 3. The Morgan fingerprint density at radius 2 is 1.77 bits per heavy atom. The van der Waals surface area contributed by atoms with Crippen molar-refractivity contribution in [2.45, 2.75) is 55.0 Å². The fourth-order valence-electron chi connectivity index (χ4n) is 2.16. The molecule has 2 saturated carbocycles. The Bertz CT molecular complexity index is 156. The largest absolute Gasteiger partial charge is 0.377 e. The Morgan fingerprint density at radius 1 is 1.00 bits per heavy atom. The maximum atomic E-state index is 5.99. The highest BCUT2D eigenvalue weighted by Gasteiger charge is 2.25. The molecule has 13 heavy (non-hydrogen) atoms. The van der Waals surface area contributed by atoms with Gasteiger partial charge in [0.2, 0.25) is 0 Å². The molecular weight excluding hydrogens is 275 g/mol. The van der Waals surface area contributed by atoms with Gasteiger partial charge in [-0.3, -0.25) is 0 Å². The van der Waals surface area contributed by atoms with Gasteiger partial charge in [0.15, 0.2) is 0 Å². The predicted molar refractivity (Wildman–Crippen MR) is 63.4 cm³/mol. The molecule has 0 aromatic carbocycles. The molecule has 2 rings (SSSR count). The standard InChI is InChI=1S/C11H19IO/c12-10-6-1-2-7-11(10)13-8-9-4-3-5-9/h9-11H,1-8H2. The van der Waals surface area contributed by atoms with Crippen LogP contribution >= 0.6 is 22.6 Å². The fraction of sp³-hybridized carbons (Fsp3) is 1.00. The van der Waals surface area contributed by atoms with Crippen LogP contribution in [0.2, 0.25) is 0 Å². The lowest BCUT2D eigenvalue weighted by atomic mass is 9.86. The highest BCUT2D eigenvalue weighted by molar-refractivity contribution is 14.1. The van der Waals surface area contributed by atoms with Crippen molar-refractivity contribution >= 4 is 22.6 Å². The molecule has 2 aliphatic carbocycles. The minimum atomic E-state index is 0.579. The van der Waals surface area contributed by atoms with Gasteiger partial charge in [0, 0.05) is 10.5 Å². The number of hydrogen-bond donors (Lipinski definition) is 0. The van der Waals surface area contributed by atoms with Crippen molar-refractivity contribution < 1.29 is 4.74 Å². The number of alkyl halides is 1. The predicted octanol–water partition coefficient (Wildman–Crippen LogP) is 3.55. The Morgan fingerprint density at radius 3 is 2.38 bits per heavy atom. The van der Waals surface area contributed by atoms with E-state index in [-0.39, 0.29) is 0 Å². The zero-order chi connectivity index (χ0) is 9.10. The molecule has 0 aromatic heterocycles. The van der Waals surface area contributed by atoms with Gasteiger partial charge in [-0.15, -0.1) is 0 Å². The van der Waals surface area contributed by atoms with E-state index in [2.05, 4.69) is 22.6 Å². The van der Waals surface area contributed by atoms with E-state index in [0.717, 1.165) is 16.4 Å². The summed E-state index contributed by atoms with van der Waals surface area (Å²) in [5.74, 6) is 0.908. The summed E-state index contributed by atoms with van der Waals surface area (Å²) in [6, 6.07) is 0. The average molecular weight is 294 g/mol. The molecule has 0 saturated heterocycles. The summed E-state index contributed by atoms with van der Waals surface area (Å²) in [5, 5.41) is 0. The van der Waals surface area contributed by atoms with E-state index in [1.807, 2.05) is 0 Å². The van der Waals surface area contributed by atoms with E-state index in [9.17, 15) is 0 Å². The first-order valence-corrected chi connectivity index (χ1v) is 6.86. The SMILES string of the molecule is IC1CCCCC1OCC1CCC1. The Kier molecular flexibility index (Phi) is 3.90. The highest BCUT2D eigenvalue weighted by atomic mass is 127. The van der Waals surface area contributed by atoms with Crippen molar-refractivity contribution in [3.05, 3.63) is 0 Å². The van der Waals surface area contributed by atoms with Crippen LogP contribution in [0, 0.1) is 5.92 Å². The third-order valence-corrected chi connectivity index (χ3v) is 4.82. The zero-order valence-corrected chi connectivity index (χ0v) is 10.3. The van der Waals surface area contributed by atoms with Crippen LogP contribution in [0.5, 0.6) is 0 Å². The van der Waals surface area contributed by atoms with Crippen LogP contribution in [0.15, 0.2) is 0 Å². The summed E-state index contributed by atoms with van der Waals surface area (Å²) in [7, 11) is 0. The zero-order valence-electron chi connectivity index (χ0n) is 8.18. The van der Waals surface area contributed by atoms with Gasteiger partial charge >= 0.3 is 0 Å². The van der Waals surface area contributed by atoms with Gasteiger partial charge in [0.1, 0.15) is 0 Å². The molecule has 2 unspecified atom stereocenters. The maximum absolute atomic E-state index is 5.99. The van der Waals surface area contributed by atoms with Crippen molar-refractivity contribution in [3.8, 4) is 0 Å². The average Bonchev–Trinajstić information content (AvgIpc) is 2.05. The fourth-order valence-corrected chi connectivity index (χ4v) is 3.17. The van der Waals surface area contributed by atoms with Crippen molar-refractivity contribution in [1.82, 2.24) is 0 Å². The van der Waals surface area contributed by atoms with Crippen LogP contribution in [-0.4, -0.2) is 16.6 Å². The Hall–Kier alpha value is 0.690. The van der Waals surface area contributed by atoms with E-state index in [1.165, 1.54) is 44.9 Å². The lowest BCUT2D eigenvalue weighted by Gasteiger charge is -2.31. The van der Waals surface area contributed by atoms with Gasteiger partial charge in [-0.05, 0) is 31.6 Å². The number of ether oxygens (including phenoxy) is 1. The molecule has 0 N–H and O–H groups in total. The second-order valence-corrected chi connectivity index (χ2v) is 6.07.